The molecule has 148 valence electrons. The minimum atomic E-state index is -0.212. The molecule has 5 nitrogen and oxygen atoms in total. The molecule has 1 N–H and O–H groups in total. The highest BCUT2D eigenvalue weighted by molar-refractivity contribution is 6.22. The fourth-order valence-electron chi connectivity index (χ4n) is 5.68. The van der Waals surface area contributed by atoms with Crippen LogP contribution in [-0.4, -0.2) is 17.7 Å². The van der Waals surface area contributed by atoms with Crippen molar-refractivity contribution in [3.8, 4) is 0 Å². The fourth-order valence-corrected chi connectivity index (χ4v) is 5.68. The molecule has 1 aliphatic heterocycles. The van der Waals surface area contributed by atoms with E-state index in [1.807, 2.05) is 26.0 Å². The monoisotopic (exact) mass is 388 g/mol. The molecule has 0 aromatic heterocycles. The lowest BCUT2D eigenvalue weighted by Gasteiger charge is -2.19. The Morgan fingerprint density at radius 1 is 0.897 bits per heavy atom. The van der Waals surface area contributed by atoms with Crippen LogP contribution in [0.2, 0.25) is 0 Å². The molecular formula is C24H24N2O3. The summed E-state index contributed by atoms with van der Waals surface area (Å²) in [6, 6.07) is 12.7. The van der Waals surface area contributed by atoms with E-state index >= 15 is 0 Å². The Morgan fingerprint density at radius 3 is 2.00 bits per heavy atom. The summed E-state index contributed by atoms with van der Waals surface area (Å²) in [5, 5.41) is 2.91. The molecular weight excluding hydrogens is 364 g/mol. The van der Waals surface area contributed by atoms with E-state index in [1.165, 1.54) is 4.90 Å². The van der Waals surface area contributed by atoms with E-state index in [9.17, 15) is 14.4 Å². The quantitative estimate of drug-likeness (QED) is 0.806. The maximum absolute atomic E-state index is 12.9. The number of amides is 3. The van der Waals surface area contributed by atoms with Crippen LogP contribution in [0.1, 0.15) is 40.7 Å². The van der Waals surface area contributed by atoms with Crippen LogP contribution in [0.3, 0.4) is 0 Å². The van der Waals surface area contributed by atoms with Crippen molar-refractivity contribution in [3.63, 3.8) is 0 Å². The third-order valence-electron chi connectivity index (χ3n) is 6.79. The van der Waals surface area contributed by atoms with E-state index < -0.39 is 0 Å². The molecule has 5 rings (SSSR count). The van der Waals surface area contributed by atoms with E-state index in [0.29, 0.717) is 23.1 Å². The van der Waals surface area contributed by atoms with Gasteiger partial charge in [0, 0.05) is 11.3 Å². The van der Waals surface area contributed by atoms with Gasteiger partial charge < -0.3 is 5.32 Å². The molecule has 0 radical (unpaired) electrons. The molecule has 2 aromatic carbocycles. The minimum Gasteiger partial charge on any atom is -0.322 e. The average Bonchev–Trinajstić information content (AvgIpc) is 3.35. The van der Waals surface area contributed by atoms with Crippen LogP contribution in [0.5, 0.6) is 0 Å². The number of carbonyl (C=O) groups is 3. The van der Waals surface area contributed by atoms with Gasteiger partial charge in [-0.1, -0.05) is 6.07 Å². The Hall–Kier alpha value is -2.95. The van der Waals surface area contributed by atoms with Gasteiger partial charge in [-0.25, -0.2) is 0 Å². The molecule has 2 aliphatic carbocycles. The van der Waals surface area contributed by atoms with E-state index in [2.05, 4.69) is 11.4 Å². The summed E-state index contributed by atoms with van der Waals surface area (Å²) in [6.45, 7) is 3.98. The van der Waals surface area contributed by atoms with Crippen molar-refractivity contribution in [2.24, 2.45) is 23.7 Å². The molecule has 5 heteroatoms. The van der Waals surface area contributed by atoms with E-state index in [-0.39, 0.29) is 29.6 Å². The topological polar surface area (TPSA) is 66.5 Å². The molecule has 1 saturated heterocycles. The van der Waals surface area contributed by atoms with Crippen LogP contribution >= 0.6 is 0 Å². The molecule has 3 aliphatic rings. The Morgan fingerprint density at radius 2 is 1.45 bits per heavy atom. The lowest BCUT2D eigenvalue weighted by Crippen LogP contribution is -2.32. The number of anilines is 2. The smallest absolute Gasteiger partial charge is 0.255 e. The number of aryl methyl sites for hydroxylation is 2. The summed E-state index contributed by atoms with van der Waals surface area (Å²) >= 11 is 0. The van der Waals surface area contributed by atoms with Gasteiger partial charge in [0.05, 0.1) is 17.5 Å². The van der Waals surface area contributed by atoms with Crippen molar-refractivity contribution in [1.82, 2.24) is 0 Å². The second-order valence-corrected chi connectivity index (χ2v) is 8.77. The normalized spacial score (nSPS) is 27.4. The largest absolute Gasteiger partial charge is 0.322 e. The van der Waals surface area contributed by atoms with E-state index in [1.54, 1.807) is 24.3 Å². The number of fused-ring (bicyclic) bond motifs is 5. The van der Waals surface area contributed by atoms with Crippen molar-refractivity contribution >= 4 is 29.1 Å². The first kappa shape index (κ1) is 18.1. The molecule has 3 amide bonds. The number of carbonyl (C=O) groups excluding carboxylic acids is 3. The number of nitrogens with one attached hydrogen (secondary N) is 1. The van der Waals surface area contributed by atoms with Gasteiger partial charge in [-0.15, -0.1) is 0 Å². The Labute approximate surface area is 170 Å². The van der Waals surface area contributed by atoms with Gasteiger partial charge in [0.2, 0.25) is 11.8 Å². The highest BCUT2D eigenvalue weighted by Crippen LogP contribution is 2.56. The predicted molar refractivity (Wildman–Crippen MR) is 111 cm³/mol. The number of hydrogen-bond donors (Lipinski definition) is 1. The first-order valence-electron chi connectivity index (χ1n) is 10.3. The van der Waals surface area contributed by atoms with Crippen LogP contribution in [0.4, 0.5) is 11.4 Å². The second kappa shape index (κ2) is 6.55. The summed E-state index contributed by atoms with van der Waals surface area (Å²) in [6.07, 6.45) is 3.16. The van der Waals surface area contributed by atoms with Crippen LogP contribution in [0.25, 0.3) is 0 Å². The molecule has 29 heavy (non-hydrogen) atoms. The van der Waals surface area contributed by atoms with Crippen LogP contribution in [0, 0.1) is 37.5 Å². The zero-order valence-corrected chi connectivity index (χ0v) is 16.6. The van der Waals surface area contributed by atoms with Crippen LogP contribution < -0.4 is 10.2 Å². The molecule has 4 atom stereocenters. The van der Waals surface area contributed by atoms with Crippen molar-refractivity contribution in [2.45, 2.75) is 33.1 Å². The van der Waals surface area contributed by atoms with Crippen molar-refractivity contribution < 1.29 is 14.4 Å². The summed E-state index contributed by atoms with van der Waals surface area (Å²) in [4.78, 5) is 39.8. The summed E-state index contributed by atoms with van der Waals surface area (Å²) in [7, 11) is 0. The number of imide groups is 1. The third kappa shape index (κ3) is 2.87. The fraction of sp³-hybridized carbons (Fsp3) is 0.375. The molecule has 2 aromatic rings. The van der Waals surface area contributed by atoms with Gasteiger partial charge >= 0.3 is 0 Å². The first-order valence-corrected chi connectivity index (χ1v) is 10.3. The first-order chi connectivity index (χ1) is 13.9. The lowest BCUT2D eigenvalue weighted by atomic mass is 9.81. The number of hydrogen-bond acceptors (Lipinski definition) is 3. The van der Waals surface area contributed by atoms with Crippen LogP contribution in [-0.2, 0) is 9.59 Å². The lowest BCUT2D eigenvalue weighted by molar-refractivity contribution is -0.123. The number of nitrogens with zero attached hydrogens (tertiary/aromatic N) is 1. The van der Waals surface area contributed by atoms with Gasteiger partial charge in [0.1, 0.15) is 0 Å². The van der Waals surface area contributed by atoms with E-state index in [0.717, 1.165) is 36.1 Å². The van der Waals surface area contributed by atoms with Gasteiger partial charge in [-0.05, 0) is 92.5 Å². The third-order valence-corrected chi connectivity index (χ3v) is 6.79. The zero-order valence-electron chi connectivity index (χ0n) is 16.6. The average molecular weight is 388 g/mol. The maximum atomic E-state index is 12.9. The van der Waals surface area contributed by atoms with Crippen molar-refractivity contribution in [3.05, 3.63) is 59.2 Å². The highest BCUT2D eigenvalue weighted by Gasteiger charge is 2.61. The Kier molecular flexibility index (Phi) is 4.09. The molecule has 3 fully saturated rings. The van der Waals surface area contributed by atoms with Gasteiger partial charge in [-0.2, -0.15) is 0 Å². The second-order valence-electron chi connectivity index (χ2n) is 8.77. The van der Waals surface area contributed by atoms with Gasteiger partial charge in [0.15, 0.2) is 0 Å². The van der Waals surface area contributed by atoms with Crippen LogP contribution in [0.15, 0.2) is 42.5 Å². The number of rotatable bonds is 3. The standard InChI is InChI=1S/C24H24N2O3/c1-13-9-14(2)11-18(10-13)25-22(27)15-5-7-19(8-6-15)26-23(28)20-16-3-4-17(12-16)21(20)24(26)29/h5-11,16-17,20-21H,3-4,12H2,1-2H3,(H,25,27)/t16-,17-,20-,21+/m0/s1. The predicted octanol–water partition coefficient (Wildman–Crippen LogP) is 4.09. The van der Waals surface area contributed by atoms with E-state index in [4.69, 9.17) is 0 Å². The summed E-state index contributed by atoms with van der Waals surface area (Å²) in [5.41, 5.74) is 3.98. The summed E-state index contributed by atoms with van der Waals surface area (Å²) in [5.74, 6) is 0.154. The maximum Gasteiger partial charge on any atom is 0.255 e. The Balaban J connectivity index is 1.34. The molecule has 2 saturated carbocycles. The molecule has 2 bridgehead atoms. The van der Waals surface area contributed by atoms with Gasteiger partial charge in [0.25, 0.3) is 5.91 Å². The minimum absolute atomic E-state index is 0.0559. The Bertz CT molecular complexity index is 979. The SMILES string of the molecule is Cc1cc(C)cc(NC(=O)c2ccc(N3C(=O)[C@@H]4[C@H]5CC[C@@H](C5)[C@@H]4C3=O)cc2)c1. The summed E-state index contributed by atoms with van der Waals surface area (Å²) < 4.78 is 0. The van der Waals surface area contributed by atoms with Gasteiger partial charge in [-0.3, -0.25) is 19.3 Å². The highest BCUT2D eigenvalue weighted by atomic mass is 16.2. The van der Waals surface area contributed by atoms with Crippen molar-refractivity contribution in [2.75, 3.05) is 10.2 Å². The van der Waals surface area contributed by atoms with Crippen molar-refractivity contribution in [1.29, 1.82) is 0 Å². The molecule has 0 spiro atoms. The molecule has 0 unspecified atom stereocenters. The number of benzene rings is 2. The zero-order chi connectivity index (χ0) is 20.3. The molecule has 1 heterocycles.